The van der Waals surface area contributed by atoms with Gasteiger partial charge in [0.25, 0.3) is 0 Å². The maximum atomic E-state index is 14.1. The van der Waals surface area contributed by atoms with Crippen LogP contribution in [0.4, 0.5) is 0 Å². The quantitative estimate of drug-likeness (QED) is 0.0371. The summed E-state index contributed by atoms with van der Waals surface area (Å²) >= 11 is 0. The third-order valence-electron chi connectivity index (χ3n) is 11.1. The van der Waals surface area contributed by atoms with E-state index in [2.05, 4.69) is 52.5 Å². The number of carboxylic acids is 2. The van der Waals surface area contributed by atoms with Gasteiger partial charge in [0.15, 0.2) is 0 Å². The summed E-state index contributed by atoms with van der Waals surface area (Å²) < 4.78 is 0. The number of nitrogens with two attached hydrogens (primary N) is 1. The number of hydrogen-bond donors (Lipinski definition) is 14. The van der Waals surface area contributed by atoms with Crippen molar-refractivity contribution in [2.24, 2.45) is 23.5 Å². The van der Waals surface area contributed by atoms with Crippen molar-refractivity contribution in [1.29, 1.82) is 0 Å². The van der Waals surface area contributed by atoms with Crippen LogP contribution in [-0.4, -0.2) is 157 Å². The molecule has 0 bridgehead atoms. The molecule has 400 valence electrons. The number of aliphatic carboxylic acids is 2. The molecule has 8 amide bonds. The second-order valence-electron chi connectivity index (χ2n) is 18.8. The summed E-state index contributed by atoms with van der Waals surface area (Å²) in [5.41, 5.74) is 7.18. The first-order valence-corrected chi connectivity index (χ1v) is 23.7. The Bertz CT molecular complexity index is 2140. The maximum absolute atomic E-state index is 14.1. The average molecular weight is 1020 g/mol. The number of carbonyl (C=O) groups is 10. The number of H-pyrrole nitrogens is 1. The molecular formula is C47H73N11O14. The van der Waals surface area contributed by atoms with Gasteiger partial charge in [-0.3, -0.25) is 43.2 Å². The van der Waals surface area contributed by atoms with Gasteiger partial charge in [0.1, 0.15) is 48.3 Å². The Morgan fingerprint density at radius 2 is 1.07 bits per heavy atom. The van der Waals surface area contributed by atoms with Crippen molar-refractivity contribution in [3.8, 4) is 0 Å². The maximum Gasteiger partial charge on any atom is 0.326 e. The minimum Gasteiger partial charge on any atom is -0.481 e. The lowest BCUT2D eigenvalue weighted by atomic mass is 10.00. The van der Waals surface area contributed by atoms with Crippen LogP contribution >= 0.6 is 0 Å². The minimum absolute atomic E-state index is 0.0483. The summed E-state index contributed by atoms with van der Waals surface area (Å²) in [6, 6.07) is -4.50. The van der Waals surface area contributed by atoms with Gasteiger partial charge in [-0.15, -0.1) is 0 Å². The molecule has 0 aliphatic heterocycles. The standard InChI is InChI=1S/C47H73N11O14/c1-23(2)16-32(53-40(64)30(48)19-29-20-49-22-50-29)42(66)52-31(14-15-36(61)62)41(65)56-35(21-59)45(69)54-33(17-24(3)4)43(67)55-34(18-28-12-10-9-11-13-28)44(68)58-38(27(8)60)46(70)51-26(7)39(63)57-37(25(5)6)47(71)72/h9-13,20,22-27,30-35,37-38,59-60H,14-19,21,48H2,1-8H3,(H,49,50)(H,51,70)(H,52,66)(H,53,64)(H,54,69)(H,55,67)(H,56,65)(H,57,63)(H,58,68)(H,61,62)(H,71,72)/t26-,27+,30-,31-,32-,33-,34-,35-,37-,38-/m0/s1. The van der Waals surface area contributed by atoms with Crippen LogP contribution in [0.3, 0.4) is 0 Å². The van der Waals surface area contributed by atoms with Crippen molar-refractivity contribution in [1.82, 2.24) is 52.5 Å². The molecule has 25 nitrogen and oxygen atoms in total. The molecule has 0 unspecified atom stereocenters. The molecule has 72 heavy (non-hydrogen) atoms. The van der Waals surface area contributed by atoms with E-state index in [4.69, 9.17) is 5.73 Å². The van der Waals surface area contributed by atoms with Crippen LogP contribution in [-0.2, 0) is 60.8 Å². The highest BCUT2D eigenvalue weighted by atomic mass is 16.4. The first-order chi connectivity index (χ1) is 33.7. The third-order valence-corrected chi connectivity index (χ3v) is 11.1. The number of aromatic nitrogens is 2. The number of imidazole rings is 1. The lowest BCUT2D eigenvalue weighted by Gasteiger charge is -2.28. The van der Waals surface area contributed by atoms with Crippen LogP contribution in [0.2, 0.25) is 0 Å². The van der Waals surface area contributed by atoms with Crippen LogP contribution in [0.5, 0.6) is 0 Å². The van der Waals surface area contributed by atoms with Gasteiger partial charge >= 0.3 is 11.9 Å². The molecule has 2 aromatic rings. The van der Waals surface area contributed by atoms with E-state index < -0.39 is 145 Å². The molecule has 0 saturated heterocycles. The molecule has 1 aromatic heterocycles. The molecule has 0 radical (unpaired) electrons. The normalized spacial score (nSPS) is 15.5. The highest BCUT2D eigenvalue weighted by Gasteiger charge is 2.36. The number of carbonyl (C=O) groups excluding carboxylic acids is 8. The van der Waals surface area contributed by atoms with E-state index in [0.29, 0.717) is 11.3 Å². The minimum atomic E-state index is -1.77. The number of aliphatic hydroxyl groups is 2. The van der Waals surface area contributed by atoms with Gasteiger partial charge in [0.05, 0.1) is 25.1 Å². The Morgan fingerprint density at radius 1 is 0.583 bits per heavy atom. The topological polar surface area (TPSA) is 403 Å². The Kier molecular flexibility index (Phi) is 25.5. The molecule has 1 heterocycles. The lowest BCUT2D eigenvalue weighted by Crippen LogP contribution is -2.62. The second kappa shape index (κ2) is 30.0. The Labute approximate surface area is 417 Å². The van der Waals surface area contributed by atoms with Gasteiger partial charge in [-0.05, 0) is 56.4 Å². The van der Waals surface area contributed by atoms with Crippen molar-refractivity contribution >= 4 is 59.2 Å². The first kappa shape index (κ1) is 61.1. The van der Waals surface area contributed by atoms with Crippen LogP contribution in [0.15, 0.2) is 42.9 Å². The fourth-order valence-corrected chi connectivity index (χ4v) is 7.11. The van der Waals surface area contributed by atoms with Gasteiger partial charge in [0.2, 0.25) is 47.3 Å². The number of nitrogens with one attached hydrogen (secondary N) is 9. The summed E-state index contributed by atoms with van der Waals surface area (Å²) in [5, 5.41) is 59.4. The molecule has 0 aliphatic rings. The van der Waals surface area contributed by atoms with Crippen molar-refractivity contribution < 1.29 is 68.4 Å². The SMILES string of the molecule is CC(C)C[C@H](NC(=O)[C@H](CO)NC(=O)[C@H](CCC(=O)O)NC(=O)[C@H](CC(C)C)NC(=O)[C@@H](N)Cc1cnc[nH]1)C(=O)N[C@@H](Cc1ccccc1)C(=O)N[C@H](C(=O)N[C@@H](C)C(=O)N[C@H](C(=O)O)C(C)C)[C@@H](C)O. The van der Waals surface area contributed by atoms with Crippen LogP contribution < -0.4 is 48.3 Å². The predicted molar refractivity (Wildman–Crippen MR) is 259 cm³/mol. The van der Waals surface area contributed by atoms with Gasteiger partial charge < -0.3 is 73.7 Å². The Hall–Kier alpha value is -6.99. The number of carboxylic acid groups (broad SMARTS) is 2. The molecule has 0 spiro atoms. The van der Waals surface area contributed by atoms with Gasteiger partial charge in [-0.2, -0.15) is 0 Å². The highest BCUT2D eigenvalue weighted by molar-refractivity contribution is 5.98. The van der Waals surface area contributed by atoms with Gasteiger partial charge in [0, 0.05) is 31.2 Å². The number of amides is 8. The highest BCUT2D eigenvalue weighted by Crippen LogP contribution is 2.12. The van der Waals surface area contributed by atoms with E-state index in [1.807, 2.05) is 0 Å². The smallest absolute Gasteiger partial charge is 0.326 e. The van der Waals surface area contributed by atoms with Crippen molar-refractivity contribution in [3.05, 3.63) is 54.1 Å². The van der Waals surface area contributed by atoms with E-state index in [1.54, 1.807) is 71.9 Å². The monoisotopic (exact) mass is 1020 g/mol. The molecule has 1 aromatic carbocycles. The zero-order chi connectivity index (χ0) is 54.4. The lowest BCUT2D eigenvalue weighted by molar-refractivity contribution is -0.143. The number of aromatic amines is 1. The van der Waals surface area contributed by atoms with Crippen molar-refractivity contribution in [2.75, 3.05) is 6.61 Å². The number of nitrogens with zero attached hydrogens (tertiary/aromatic N) is 1. The Morgan fingerprint density at radius 3 is 1.56 bits per heavy atom. The molecule has 0 aliphatic carbocycles. The van der Waals surface area contributed by atoms with Crippen LogP contribution in [0.25, 0.3) is 0 Å². The van der Waals surface area contributed by atoms with Crippen molar-refractivity contribution in [2.45, 2.75) is 154 Å². The molecule has 2 rings (SSSR count). The summed E-state index contributed by atoms with van der Waals surface area (Å²) in [4.78, 5) is 139. The number of rotatable bonds is 31. The summed E-state index contributed by atoms with van der Waals surface area (Å²) in [6.45, 7) is 11.6. The third kappa shape index (κ3) is 21.2. The fourth-order valence-electron chi connectivity index (χ4n) is 7.11. The van der Waals surface area contributed by atoms with Gasteiger partial charge in [-0.1, -0.05) is 71.9 Å². The van der Waals surface area contributed by atoms with E-state index in [0.717, 1.165) is 0 Å². The van der Waals surface area contributed by atoms with Crippen LogP contribution in [0, 0.1) is 17.8 Å². The predicted octanol–water partition coefficient (Wildman–Crippen LogP) is -2.51. The van der Waals surface area contributed by atoms with Crippen LogP contribution in [0.1, 0.15) is 92.3 Å². The number of benzene rings is 1. The second-order valence-corrected chi connectivity index (χ2v) is 18.8. The summed E-state index contributed by atoms with van der Waals surface area (Å²) in [6.07, 6.45) is 0.164. The largest absolute Gasteiger partial charge is 0.481 e. The average Bonchev–Trinajstić information content (AvgIpc) is 3.81. The van der Waals surface area contributed by atoms with E-state index in [9.17, 15) is 68.4 Å². The molecule has 15 N–H and O–H groups in total. The number of hydrogen-bond acceptors (Lipinski definition) is 14. The fraction of sp³-hybridized carbons (Fsp3) is 0.596. The van der Waals surface area contributed by atoms with E-state index >= 15 is 0 Å². The molecule has 10 atom stereocenters. The molecule has 25 heteroatoms. The summed E-state index contributed by atoms with van der Waals surface area (Å²) in [7, 11) is 0. The van der Waals surface area contributed by atoms with E-state index in [1.165, 1.54) is 26.4 Å². The molecule has 0 fully saturated rings. The summed E-state index contributed by atoms with van der Waals surface area (Å²) in [5.74, 6) is -11.0. The Balaban J connectivity index is 2.33. The van der Waals surface area contributed by atoms with Crippen molar-refractivity contribution in [3.63, 3.8) is 0 Å². The number of aliphatic hydroxyl groups excluding tert-OH is 2. The van der Waals surface area contributed by atoms with Gasteiger partial charge in [-0.25, -0.2) is 9.78 Å². The zero-order valence-electron chi connectivity index (χ0n) is 41.9. The molecule has 0 saturated carbocycles. The zero-order valence-corrected chi connectivity index (χ0v) is 41.9. The molecular weight excluding hydrogens is 943 g/mol. The first-order valence-electron chi connectivity index (χ1n) is 23.7. The van der Waals surface area contributed by atoms with E-state index in [-0.39, 0.29) is 37.5 Å².